The van der Waals surface area contributed by atoms with Crippen LogP contribution >= 0.6 is 0 Å². The van der Waals surface area contributed by atoms with Crippen molar-refractivity contribution in [2.45, 2.75) is 96.0 Å². The van der Waals surface area contributed by atoms with Crippen molar-refractivity contribution in [3.8, 4) is 5.75 Å². The molecule has 0 radical (unpaired) electrons. The van der Waals surface area contributed by atoms with Gasteiger partial charge < -0.3 is 4.74 Å². The van der Waals surface area contributed by atoms with Crippen LogP contribution in [-0.4, -0.2) is 59.0 Å². The molecule has 0 N–H and O–H groups in total. The zero-order chi connectivity index (χ0) is 26.9. The Balaban J connectivity index is 1.46. The van der Waals surface area contributed by atoms with Gasteiger partial charge in [0.05, 0.1) is 12.1 Å². The standard InChI is InChI=1S/C31H41FN4O2/c1-22(2)38-28-15-8-10-24(18-28)21-35-17-16-31(20-23(35)3)29(33-26-12-6-5-7-13-26)34(4)30(37)36(31)27-14-9-11-25(32)19-27/h8-11,14-15,18-19,22-23,26H,5-7,12-13,16-17,20-21H2,1-4H3/t23-,31+/m0/s1. The predicted molar refractivity (Wildman–Crippen MR) is 150 cm³/mol. The van der Waals surface area contributed by atoms with Gasteiger partial charge in [-0.05, 0) is 82.3 Å². The molecule has 38 heavy (non-hydrogen) atoms. The van der Waals surface area contributed by atoms with Gasteiger partial charge in [-0.25, -0.2) is 9.18 Å². The molecule has 7 heteroatoms. The number of nitrogens with zero attached hydrogens (tertiary/aromatic N) is 4. The molecule has 2 aromatic rings. The Kier molecular flexibility index (Phi) is 7.75. The summed E-state index contributed by atoms with van der Waals surface area (Å²) in [5.41, 5.74) is 1.23. The minimum atomic E-state index is -0.588. The van der Waals surface area contributed by atoms with Crippen molar-refractivity contribution in [3.63, 3.8) is 0 Å². The van der Waals surface area contributed by atoms with Crippen molar-refractivity contribution < 1.29 is 13.9 Å². The van der Waals surface area contributed by atoms with Gasteiger partial charge in [0.15, 0.2) is 0 Å². The summed E-state index contributed by atoms with van der Waals surface area (Å²) < 4.78 is 20.3. The van der Waals surface area contributed by atoms with Gasteiger partial charge in [-0.1, -0.05) is 37.5 Å². The average Bonchev–Trinajstić information content (AvgIpc) is 3.07. The lowest BCUT2D eigenvalue weighted by atomic mass is 9.80. The number of carbonyl (C=O) groups excluding carboxylic acids is 1. The molecule has 3 fully saturated rings. The fourth-order valence-corrected chi connectivity index (χ4v) is 6.53. The summed E-state index contributed by atoms with van der Waals surface area (Å²) in [5.74, 6) is 1.41. The number of amidine groups is 1. The first-order chi connectivity index (χ1) is 18.3. The van der Waals surface area contributed by atoms with Crippen molar-refractivity contribution in [1.82, 2.24) is 9.80 Å². The quantitative estimate of drug-likeness (QED) is 0.429. The number of likely N-dealkylation sites (N-methyl/N-ethyl adjacent to an activating group) is 1. The number of ether oxygens (including phenoxy) is 1. The molecule has 2 saturated heterocycles. The second-order valence-electron chi connectivity index (χ2n) is 11.5. The van der Waals surface area contributed by atoms with Crippen molar-refractivity contribution in [2.24, 2.45) is 4.99 Å². The number of hydrogen-bond acceptors (Lipinski definition) is 4. The van der Waals surface area contributed by atoms with Crippen LogP contribution in [0.4, 0.5) is 14.9 Å². The number of urea groups is 1. The molecular formula is C31H41FN4O2. The maximum atomic E-state index is 14.4. The van der Waals surface area contributed by atoms with E-state index in [-0.39, 0.29) is 30.0 Å². The van der Waals surface area contributed by atoms with E-state index in [1.807, 2.05) is 44.0 Å². The Morgan fingerprint density at radius 1 is 1.11 bits per heavy atom. The van der Waals surface area contributed by atoms with Crippen LogP contribution in [0.25, 0.3) is 0 Å². The number of halogens is 1. The molecule has 5 rings (SSSR count). The lowest BCUT2D eigenvalue weighted by molar-refractivity contribution is 0.123. The van der Waals surface area contributed by atoms with E-state index in [0.29, 0.717) is 5.69 Å². The topological polar surface area (TPSA) is 48.4 Å². The highest BCUT2D eigenvalue weighted by molar-refractivity contribution is 6.18. The minimum absolute atomic E-state index is 0.121. The smallest absolute Gasteiger partial charge is 0.330 e. The van der Waals surface area contributed by atoms with Crippen LogP contribution in [0.3, 0.4) is 0 Å². The van der Waals surface area contributed by atoms with Crippen LogP contribution in [0, 0.1) is 5.82 Å². The third-order valence-corrected chi connectivity index (χ3v) is 8.31. The summed E-state index contributed by atoms with van der Waals surface area (Å²) in [7, 11) is 1.84. The van der Waals surface area contributed by atoms with Gasteiger partial charge >= 0.3 is 6.03 Å². The maximum Gasteiger partial charge on any atom is 0.330 e. The summed E-state index contributed by atoms with van der Waals surface area (Å²) in [6.07, 6.45) is 7.38. The Labute approximate surface area is 226 Å². The summed E-state index contributed by atoms with van der Waals surface area (Å²) in [4.78, 5) is 25.1. The molecule has 1 spiro atoms. The first kappa shape index (κ1) is 26.7. The lowest BCUT2D eigenvalue weighted by Crippen LogP contribution is -2.59. The lowest BCUT2D eigenvalue weighted by Gasteiger charge is -2.47. The molecule has 3 aliphatic rings. The van der Waals surface area contributed by atoms with E-state index in [1.165, 1.54) is 37.0 Å². The van der Waals surface area contributed by atoms with E-state index in [1.54, 1.807) is 11.0 Å². The number of piperidine rings is 1. The Bertz CT molecular complexity index is 1180. The molecule has 2 aliphatic heterocycles. The molecule has 1 saturated carbocycles. The van der Waals surface area contributed by atoms with E-state index >= 15 is 0 Å². The Morgan fingerprint density at radius 3 is 2.58 bits per heavy atom. The maximum absolute atomic E-state index is 14.4. The first-order valence-electron chi connectivity index (χ1n) is 14.2. The van der Waals surface area contributed by atoms with Crippen LogP contribution in [0.2, 0.25) is 0 Å². The molecule has 2 atom stereocenters. The van der Waals surface area contributed by atoms with Gasteiger partial charge in [0.2, 0.25) is 0 Å². The first-order valence-corrected chi connectivity index (χ1v) is 14.2. The number of benzene rings is 2. The van der Waals surface area contributed by atoms with Crippen LogP contribution in [0.1, 0.15) is 71.3 Å². The van der Waals surface area contributed by atoms with Gasteiger partial charge in [-0.2, -0.15) is 0 Å². The molecule has 2 aromatic carbocycles. The second kappa shape index (κ2) is 11.0. The van der Waals surface area contributed by atoms with E-state index < -0.39 is 5.54 Å². The van der Waals surface area contributed by atoms with Crippen molar-refractivity contribution in [2.75, 3.05) is 18.5 Å². The highest BCUT2D eigenvalue weighted by atomic mass is 19.1. The van der Waals surface area contributed by atoms with Gasteiger partial charge in [-0.15, -0.1) is 0 Å². The Morgan fingerprint density at radius 2 is 1.87 bits per heavy atom. The minimum Gasteiger partial charge on any atom is -0.491 e. The van der Waals surface area contributed by atoms with E-state index in [0.717, 1.165) is 50.4 Å². The van der Waals surface area contributed by atoms with Gasteiger partial charge in [0, 0.05) is 31.9 Å². The van der Waals surface area contributed by atoms with Crippen LogP contribution < -0.4 is 9.64 Å². The summed E-state index contributed by atoms with van der Waals surface area (Å²) in [6.45, 7) is 7.93. The van der Waals surface area contributed by atoms with Crippen LogP contribution in [0.5, 0.6) is 5.75 Å². The molecule has 0 unspecified atom stereocenters. The number of aliphatic imine (C=N–C) groups is 1. The normalized spacial score (nSPS) is 26.2. The van der Waals surface area contributed by atoms with E-state index in [4.69, 9.17) is 9.73 Å². The van der Waals surface area contributed by atoms with Crippen LogP contribution in [-0.2, 0) is 6.54 Å². The van der Waals surface area contributed by atoms with Crippen molar-refractivity contribution >= 4 is 17.6 Å². The number of anilines is 1. The number of hydrogen-bond donors (Lipinski definition) is 0. The van der Waals surface area contributed by atoms with E-state index in [9.17, 15) is 9.18 Å². The molecule has 6 nitrogen and oxygen atoms in total. The number of carbonyl (C=O) groups is 1. The fourth-order valence-electron chi connectivity index (χ4n) is 6.53. The van der Waals surface area contributed by atoms with Crippen LogP contribution in [0.15, 0.2) is 53.5 Å². The highest BCUT2D eigenvalue weighted by Crippen LogP contribution is 2.43. The third kappa shape index (κ3) is 5.31. The average molecular weight is 521 g/mol. The predicted octanol–water partition coefficient (Wildman–Crippen LogP) is 6.64. The molecule has 0 aromatic heterocycles. The van der Waals surface area contributed by atoms with Gasteiger partial charge in [0.1, 0.15) is 22.9 Å². The third-order valence-electron chi connectivity index (χ3n) is 8.31. The SMILES string of the molecule is CC(C)Oc1cccc(CN2CC[C@@]3(C[C@@H]2C)C(=NC2CCCCC2)N(C)C(=O)N3c2cccc(F)c2)c1. The zero-order valence-corrected chi connectivity index (χ0v) is 23.2. The molecule has 1 aliphatic carbocycles. The molecule has 0 bridgehead atoms. The zero-order valence-electron chi connectivity index (χ0n) is 23.2. The highest BCUT2D eigenvalue weighted by Gasteiger charge is 2.57. The summed E-state index contributed by atoms with van der Waals surface area (Å²) >= 11 is 0. The van der Waals surface area contributed by atoms with E-state index in [2.05, 4.69) is 24.0 Å². The summed E-state index contributed by atoms with van der Waals surface area (Å²) in [6, 6.07) is 15.1. The molecular weight excluding hydrogens is 479 g/mol. The monoisotopic (exact) mass is 520 g/mol. The molecule has 204 valence electrons. The number of rotatable bonds is 6. The molecule has 2 heterocycles. The second-order valence-corrected chi connectivity index (χ2v) is 11.5. The Hall–Kier alpha value is -2.93. The number of amides is 2. The van der Waals surface area contributed by atoms with Gasteiger partial charge in [0.25, 0.3) is 0 Å². The largest absolute Gasteiger partial charge is 0.491 e. The van der Waals surface area contributed by atoms with Gasteiger partial charge in [-0.3, -0.25) is 19.7 Å². The molecule has 2 amide bonds. The van der Waals surface area contributed by atoms with Crippen molar-refractivity contribution in [1.29, 1.82) is 0 Å². The van der Waals surface area contributed by atoms with Crippen molar-refractivity contribution in [3.05, 3.63) is 59.9 Å². The number of likely N-dealkylation sites (tertiary alicyclic amines) is 1. The fraction of sp³-hybridized carbons (Fsp3) is 0.548. The summed E-state index contributed by atoms with van der Waals surface area (Å²) in [5, 5.41) is 0.